The molecule has 3 nitrogen and oxygen atoms in total. The van der Waals surface area contributed by atoms with Crippen LogP contribution in [0.3, 0.4) is 0 Å². The highest BCUT2D eigenvalue weighted by molar-refractivity contribution is 5.94. The van der Waals surface area contributed by atoms with Crippen LogP contribution in [0.4, 0.5) is 0 Å². The van der Waals surface area contributed by atoms with E-state index < -0.39 is 0 Å². The summed E-state index contributed by atoms with van der Waals surface area (Å²) < 4.78 is 0. The topological polar surface area (TPSA) is 52.9 Å². The van der Waals surface area contributed by atoms with Crippen LogP contribution >= 0.6 is 0 Å². The van der Waals surface area contributed by atoms with E-state index in [1.807, 2.05) is 0 Å². The Bertz CT molecular complexity index is 499. The summed E-state index contributed by atoms with van der Waals surface area (Å²) in [6, 6.07) is 9.18. The summed E-state index contributed by atoms with van der Waals surface area (Å²) in [5.74, 6) is 1.15. The van der Waals surface area contributed by atoms with Crippen LogP contribution in [-0.2, 0) is 0 Å². The molecule has 2 atom stereocenters. The van der Waals surface area contributed by atoms with Gasteiger partial charge >= 0.3 is 0 Å². The Morgan fingerprint density at radius 3 is 2.50 bits per heavy atom. The van der Waals surface area contributed by atoms with E-state index in [-0.39, 0.29) is 11.9 Å². The summed E-state index contributed by atoms with van der Waals surface area (Å²) in [5.41, 5.74) is 1.22. The van der Waals surface area contributed by atoms with E-state index in [0.717, 1.165) is 6.42 Å². The fourth-order valence-electron chi connectivity index (χ4n) is 3.08. The van der Waals surface area contributed by atoms with Gasteiger partial charge in [0.1, 0.15) is 0 Å². The second-order valence-corrected chi connectivity index (χ2v) is 5.96. The van der Waals surface area contributed by atoms with Crippen molar-refractivity contribution in [2.75, 3.05) is 0 Å². The minimum absolute atomic E-state index is 0.0213. The first-order valence-electron chi connectivity index (χ1n) is 7.43. The molecule has 0 spiro atoms. The molecule has 0 aliphatic heterocycles. The third-order valence-electron chi connectivity index (χ3n) is 4.27. The molecule has 1 aliphatic rings. The Balaban J connectivity index is 2.03. The number of benzene rings is 1. The largest absolute Gasteiger partial charge is 0.349 e. The number of hydrogen-bond donors (Lipinski definition) is 1. The van der Waals surface area contributed by atoms with E-state index >= 15 is 0 Å². The standard InChI is InChI=1S/C17H22N2O/c1-12(2)15-5-3-4-6-16(15)19-17(20)14-9-7-13(11-18)8-10-14/h7-10,12,15-16H,3-6H2,1-2H3,(H,19,20). The lowest BCUT2D eigenvalue weighted by Gasteiger charge is -2.34. The molecule has 1 N–H and O–H groups in total. The van der Waals surface area contributed by atoms with Gasteiger partial charge in [0, 0.05) is 11.6 Å². The molecule has 0 saturated heterocycles. The van der Waals surface area contributed by atoms with E-state index in [4.69, 9.17) is 5.26 Å². The average molecular weight is 270 g/mol. The molecule has 2 unspecified atom stereocenters. The number of carbonyl (C=O) groups excluding carboxylic acids is 1. The van der Waals surface area contributed by atoms with Crippen molar-refractivity contribution < 1.29 is 4.79 Å². The van der Waals surface area contributed by atoms with Gasteiger partial charge in [0.15, 0.2) is 0 Å². The Morgan fingerprint density at radius 1 is 1.25 bits per heavy atom. The third kappa shape index (κ3) is 3.39. The van der Waals surface area contributed by atoms with Crippen LogP contribution in [0.1, 0.15) is 55.5 Å². The molecule has 106 valence electrons. The van der Waals surface area contributed by atoms with Crippen molar-refractivity contribution in [1.29, 1.82) is 5.26 Å². The lowest BCUT2D eigenvalue weighted by atomic mass is 9.78. The van der Waals surface area contributed by atoms with Gasteiger partial charge in [0.2, 0.25) is 0 Å². The molecule has 0 bridgehead atoms. The summed E-state index contributed by atoms with van der Waals surface area (Å²) in [5, 5.41) is 12.0. The maximum absolute atomic E-state index is 12.3. The van der Waals surface area contributed by atoms with Crippen molar-refractivity contribution in [3.63, 3.8) is 0 Å². The number of rotatable bonds is 3. The first-order valence-corrected chi connectivity index (χ1v) is 7.43. The van der Waals surface area contributed by atoms with Gasteiger partial charge in [-0.25, -0.2) is 0 Å². The van der Waals surface area contributed by atoms with Crippen LogP contribution in [0.25, 0.3) is 0 Å². The van der Waals surface area contributed by atoms with Crippen LogP contribution in [0.5, 0.6) is 0 Å². The second-order valence-electron chi connectivity index (χ2n) is 5.96. The van der Waals surface area contributed by atoms with E-state index in [2.05, 4.69) is 25.2 Å². The van der Waals surface area contributed by atoms with Crippen LogP contribution < -0.4 is 5.32 Å². The molecule has 1 fully saturated rings. The molecule has 1 aromatic carbocycles. The molecule has 1 saturated carbocycles. The monoisotopic (exact) mass is 270 g/mol. The smallest absolute Gasteiger partial charge is 0.251 e. The van der Waals surface area contributed by atoms with Crippen molar-refractivity contribution >= 4 is 5.91 Å². The molecular formula is C17H22N2O. The summed E-state index contributed by atoms with van der Waals surface area (Å²) in [6.45, 7) is 4.47. The highest BCUT2D eigenvalue weighted by Crippen LogP contribution is 2.30. The van der Waals surface area contributed by atoms with Crippen molar-refractivity contribution in [3.8, 4) is 6.07 Å². The quantitative estimate of drug-likeness (QED) is 0.913. The number of nitriles is 1. The van der Waals surface area contributed by atoms with Crippen LogP contribution in [0.15, 0.2) is 24.3 Å². The third-order valence-corrected chi connectivity index (χ3v) is 4.27. The van der Waals surface area contributed by atoms with E-state index in [9.17, 15) is 4.79 Å². The molecule has 0 aromatic heterocycles. The van der Waals surface area contributed by atoms with Crippen molar-refractivity contribution in [3.05, 3.63) is 35.4 Å². The zero-order valence-electron chi connectivity index (χ0n) is 12.2. The molecule has 0 heterocycles. The van der Waals surface area contributed by atoms with Crippen molar-refractivity contribution in [2.24, 2.45) is 11.8 Å². The molecule has 3 heteroatoms. The second kappa shape index (κ2) is 6.56. The van der Waals surface area contributed by atoms with Gasteiger partial charge in [-0.2, -0.15) is 5.26 Å². The minimum atomic E-state index is -0.0213. The highest BCUT2D eigenvalue weighted by Gasteiger charge is 2.28. The maximum Gasteiger partial charge on any atom is 0.251 e. The Kier molecular flexibility index (Phi) is 4.79. The van der Waals surface area contributed by atoms with Crippen LogP contribution in [-0.4, -0.2) is 11.9 Å². The molecule has 20 heavy (non-hydrogen) atoms. The van der Waals surface area contributed by atoms with E-state index in [0.29, 0.717) is 23.0 Å². The fraction of sp³-hybridized carbons (Fsp3) is 0.529. The fourth-order valence-corrected chi connectivity index (χ4v) is 3.08. The van der Waals surface area contributed by atoms with Gasteiger partial charge in [0.05, 0.1) is 11.6 Å². The van der Waals surface area contributed by atoms with Crippen LogP contribution in [0.2, 0.25) is 0 Å². The zero-order chi connectivity index (χ0) is 14.5. The van der Waals surface area contributed by atoms with E-state index in [1.165, 1.54) is 19.3 Å². The van der Waals surface area contributed by atoms with Crippen LogP contribution in [0, 0.1) is 23.2 Å². The summed E-state index contributed by atoms with van der Waals surface area (Å²) in [7, 11) is 0. The summed E-state index contributed by atoms with van der Waals surface area (Å²) in [6.07, 6.45) is 4.74. The van der Waals surface area contributed by atoms with Crippen molar-refractivity contribution in [1.82, 2.24) is 5.32 Å². The Morgan fingerprint density at radius 2 is 1.90 bits per heavy atom. The van der Waals surface area contributed by atoms with Gasteiger partial charge < -0.3 is 5.32 Å². The SMILES string of the molecule is CC(C)C1CCCCC1NC(=O)c1ccc(C#N)cc1. The van der Waals surface area contributed by atoms with E-state index in [1.54, 1.807) is 24.3 Å². The summed E-state index contributed by atoms with van der Waals surface area (Å²) in [4.78, 5) is 12.3. The first kappa shape index (κ1) is 14.6. The van der Waals surface area contributed by atoms with Gasteiger partial charge in [-0.1, -0.05) is 26.7 Å². The zero-order valence-corrected chi connectivity index (χ0v) is 12.2. The molecule has 1 amide bonds. The Labute approximate surface area is 121 Å². The lowest BCUT2D eigenvalue weighted by Crippen LogP contribution is -2.43. The van der Waals surface area contributed by atoms with Crippen molar-refractivity contribution in [2.45, 2.75) is 45.6 Å². The average Bonchev–Trinajstić information content (AvgIpc) is 2.47. The number of hydrogen-bond acceptors (Lipinski definition) is 2. The molecule has 0 radical (unpaired) electrons. The number of amides is 1. The molecule has 1 aromatic rings. The minimum Gasteiger partial charge on any atom is -0.349 e. The first-order chi connectivity index (χ1) is 9.61. The predicted octanol–water partition coefficient (Wildman–Crippen LogP) is 3.50. The highest BCUT2D eigenvalue weighted by atomic mass is 16.1. The van der Waals surface area contributed by atoms with Gasteiger partial charge in [0.25, 0.3) is 5.91 Å². The van der Waals surface area contributed by atoms with Gasteiger partial charge in [-0.05, 0) is 48.9 Å². The number of nitrogens with zero attached hydrogens (tertiary/aromatic N) is 1. The summed E-state index contributed by atoms with van der Waals surface area (Å²) >= 11 is 0. The number of nitrogens with one attached hydrogen (secondary N) is 1. The van der Waals surface area contributed by atoms with Gasteiger partial charge in [-0.3, -0.25) is 4.79 Å². The van der Waals surface area contributed by atoms with Gasteiger partial charge in [-0.15, -0.1) is 0 Å². The lowest BCUT2D eigenvalue weighted by molar-refractivity contribution is 0.0889. The number of carbonyl (C=O) groups is 1. The predicted molar refractivity (Wildman–Crippen MR) is 79.2 cm³/mol. The molecule has 1 aliphatic carbocycles. The normalized spacial score (nSPS) is 22.3. The molecular weight excluding hydrogens is 248 g/mol. The molecule has 2 rings (SSSR count). The maximum atomic E-state index is 12.3. The Hall–Kier alpha value is -1.82.